The van der Waals surface area contributed by atoms with E-state index < -0.39 is 0 Å². The molecular formula is C16H32N4O. The Labute approximate surface area is 129 Å². The van der Waals surface area contributed by atoms with Crippen molar-refractivity contribution in [3.05, 3.63) is 0 Å². The quantitative estimate of drug-likeness (QED) is 0.365. The van der Waals surface area contributed by atoms with E-state index in [1.54, 1.807) is 0 Å². The van der Waals surface area contributed by atoms with Crippen LogP contribution in [-0.2, 0) is 4.79 Å². The first-order chi connectivity index (χ1) is 10.2. The van der Waals surface area contributed by atoms with Crippen molar-refractivity contribution in [2.75, 3.05) is 26.2 Å². The largest absolute Gasteiger partial charge is 0.357 e. The number of hydrogen-bond acceptors (Lipinski definition) is 2. The van der Waals surface area contributed by atoms with E-state index in [-0.39, 0.29) is 5.91 Å². The van der Waals surface area contributed by atoms with Crippen molar-refractivity contribution in [3.63, 3.8) is 0 Å². The molecule has 1 amide bonds. The summed E-state index contributed by atoms with van der Waals surface area (Å²) in [5, 5.41) is 9.24. The van der Waals surface area contributed by atoms with Crippen LogP contribution >= 0.6 is 0 Å². The molecule has 0 saturated heterocycles. The van der Waals surface area contributed by atoms with Gasteiger partial charge in [-0.3, -0.25) is 9.79 Å². The highest BCUT2D eigenvalue weighted by molar-refractivity contribution is 5.79. The SMILES string of the molecule is CCNC(=NCCCC1CCCCC1)NCCNC(C)=O. The molecule has 0 spiro atoms. The van der Waals surface area contributed by atoms with E-state index in [0.717, 1.165) is 25.0 Å². The number of nitrogens with zero attached hydrogens (tertiary/aromatic N) is 1. The average Bonchev–Trinajstić information content (AvgIpc) is 2.48. The molecule has 0 aromatic heterocycles. The fourth-order valence-corrected chi connectivity index (χ4v) is 2.81. The molecule has 0 radical (unpaired) electrons. The smallest absolute Gasteiger partial charge is 0.216 e. The lowest BCUT2D eigenvalue weighted by atomic mass is 9.86. The van der Waals surface area contributed by atoms with E-state index in [1.165, 1.54) is 51.9 Å². The van der Waals surface area contributed by atoms with Crippen molar-refractivity contribution in [1.29, 1.82) is 0 Å². The van der Waals surface area contributed by atoms with Crippen molar-refractivity contribution >= 4 is 11.9 Å². The Morgan fingerprint density at radius 1 is 1.10 bits per heavy atom. The molecule has 1 fully saturated rings. The molecule has 0 atom stereocenters. The lowest BCUT2D eigenvalue weighted by Gasteiger charge is -2.20. The maximum Gasteiger partial charge on any atom is 0.216 e. The summed E-state index contributed by atoms with van der Waals surface area (Å²) in [7, 11) is 0. The van der Waals surface area contributed by atoms with Crippen molar-refractivity contribution in [1.82, 2.24) is 16.0 Å². The number of nitrogens with one attached hydrogen (secondary N) is 3. The van der Waals surface area contributed by atoms with Crippen LogP contribution in [-0.4, -0.2) is 38.0 Å². The van der Waals surface area contributed by atoms with Gasteiger partial charge in [-0.15, -0.1) is 0 Å². The molecule has 5 nitrogen and oxygen atoms in total. The van der Waals surface area contributed by atoms with Crippen molar-refractivity contribution in [2.45, 2.75) is 58.8 Å². The van der Waals surface area contributed by atoms with E-state index in [4.69, 9.17) is 0 Å². The van der Waals surface area contributed by atoms with Gasteiger partial charge in [0.2, 0.25) is 5.91 Å². The highest BCUT2D eigenvalue weighted by atomic mass is 16.1. The molecule has 0 aromatic carbocycles. The third-order valence-corrected chi connectivity index (χ3v) is 3.90. The molecule has 1 rings (SSSR count). The second-order valence-corrected chi connectivity index (χ2v) is 5.82. The summed E-state index contributed by atoms with van der Waals surface area (Å²) in [5.41, 5.74) is 0. The average molecular weight is 296 g/mol. The Bertz CT molecular complexity index is 311. The van der Waals surface area contributed by atoms with Crippen molar-refractivity contribution in [2.24, 2.45) is 10.9 Å². The predicted octanol–water partition coefficient (Wildman–Crippen LogP) is 2.04. The van der Waals surface area contributed by atoms with Crippen LogP contribution in [0, 0.1) is 5.92 Å². The summed E-state index contributed by atoms with van der Waals surface area (Å²) < 4.78 is 0. The molecule has 0 aromatic rings. The molecule has 1 aliphatic carbocycles. The van der Waals surface area contributed by atoms with Gasteiger partial charge in [0.1, 0.15) is 0 Å². The van der Waals surface area contributed by atoms with Crippen molar-refractivity contribution < 1.29 is 4.79 Å². The second kappa shape index (κ2) is 11.4. The number of carbonyl (C=O) groups is 1. The molecule has 122 valence electrons. The van der Waals surface area contributed by atoms with E-state index in [2.05, 4.69) is 27.9 Å². The minimum absolute atomic E-state index is 0.00576. The van der Waals surface area contributed by atoms with Gasteiger partial charge in [0, 0.05) is 33.1 Å². The van der Waals surface area contributed by atoms with Crippen LogP contribution in [0.4, 0.5) is 0 Å². The Kier molecular flexibility index (Phi) is 9.66. The third kappa shape index (κ3) is 9.32. The Morgan fingerprint density at radius 2 is 1.81 bits per heavy atom. The zero-order valence-electron chi connectivity index (χ0n) is 13.7. The summed E-state index contributed by atoms with van der Waals surface area (Å²) in [6, 6.07) is 0. The Hall–Kier alpha value is -1.26. The van der Waals surface area contributed by atoms with Gasteiger partial charge in [-0.25, -0.2) is 0 Å². The number of guanidine groups is 1. The molecule has 1 saturated carbocycles. The summed E-state index contributed by atoms with van der Waals surface area (Å²) in [4.78, 5) is 15.4. The molecule has 0 unspecified atom stereocenters. The summed E-state index contributed by atoms with van der Waals surface area (Å²) in [6.45, 7) is 6.66. The van der Waals surface area contributed by atoms with Crippen LogP contribution in [0.1, 0.15) is 58.8 Å². The number of hydrogen-bond donors (Lipinski definition) is 3. The first kappa shape index (κ1) is 17.8. The number of carbonyl (C=O) groups excluding carboxylic acids is 1. The van der Waals surface area contributed by atoms with Gasteiger partial charge in [0.15, 0.2) is 5.96 Å². The molecule has 5 heteroatoms. The molecular weight excluding hydrogens is 264 g/mol. The molecule has 1 aliphatic rings. The maximum atomic E-state index is 10.8. The maximum absolute atomic E-state index is 10.8. The third-order valence-electron chi connectivity index (χ3n) is 3.90. The summed E-state index contributed by atoms with van der Waals surface area (Å²) in [5.74, 6) is 1.79. The monoisotopic (exact) mass is 296 g/mol. The molecule has 0 aliphatic heterocycles. The van der Waals surface area contributed by atoms with E-state index in [1.807, 2.05) is 0 Å². The van der Waals surface area contributed by atoms with Crippen molar-refractivity contribution in [3.8, 4) is 0 Å². The van der Waals surface area contributed by atoms with E-state index >= 15 is 0 Å². The number of amides is 1. The Balaban J connectivity index is 2.15. The fraction of sp³-hybridized carbons (Fsp3) is 0.875. The van der Waals surface area contributed by atoms with Gasteiger partial charge in [-0.2, -0.15) is 0 Å². The number of aliphatic imine (C=N–C) groups is 1. The minimum atomic E-state index is 0.00576. The van der Waals surface area contributed by atoms with Crippen LogP contribution in [0.3, 0.4) is 0 Å². The molecule has 0 heterocycles. The van der Waals surface area contributed by atoms with E-state index in [0.29, 0.717) is 13.1 Å². The van der Waals surface area contributed by atoms with Gasteiger partial charge < -0.3 is 16.0 Å². The normalized spacial score (nSPS) is 16.6. The fourth-order valence-electron chi connectivity index (χ4n) is 2.81. The number of rotatable bonds is 8. The van der Waals surface area contributed by atoms with Gasteiger partial charge in [0.25, 0.3) is 0 Å². The van der Waals surface area contributed by atoms with Crippen LogP contribution in [0.5, 0.6) is 0 Å². The van der Waals surface area contributed by atoms with Crippen LogP contribution < -0.4 is 16.0 Å². The Morgan fingerprint density at radius 3 is 2.48 bits per heavy atom. The molecule has 0 bridgehead atoms. The predicted molar refractivity (Wildman–Crippen MR) is 88.5 cm³/mol. The zero-order chi connectivity index (χ0) is 15.3. The second-order valence-electron chi connectivity index (χ2n) is 5.82. The van der Waals surface area contributed by atoms with Crippen LogP contribution in [0.15, 0.2) is 4.99 Å². The minimum Gasteiger partial charge on any atom is -0.357 e. The highest BCUT2D eigenvalue weighted by Gasteiger charge is 2.12. The van der Waals surface area contributed by atoms with Gasteiger partial charge in [-0.05, 0) is 25.7 Å². The summed E-state index contributed by atoms with van der Waals surface area (Å²) in [6.07, 6.45) is 9.58. The zero-order valence-corrected chi connectivity index (χ0v) is 13.7. The van der Waals surface area contributed by atoms with Crippen LogP contribution in [0.25, 0.3) is 0 Å². The first-order valence-corrected chi connectivity index (χ1v) is 8.49. The lowest BCUT2D eigenvalue weighted by molar-refractivity contribution is -0.118. The van der Waals surface area contributed by atoms with Gasteiger partial charge in [-0.1, -0.05) is 32.1 Å². The topological polar surface area (TPSA) is 65.5 Å². The molecule has 21 heavy (non-hydrogen) atoms. The standard InChI is InChI=1S/C16H32N4O/c1-3-17-16(20-13-12-18-14(2)21)19-11-7-10-15-8-5-4-6-9-15/h15H,3-13H2,1-2H3,(H,18,21)(H2,17,19,20). The summed E-state index contributed by atoms with van der Waals surface area (Å²) >= 11 is 0. The van der Waals surface area contributed by atoms with E-state index in [9.17, 15) is 4.79 Å². The van der Waals surface area contributed by atoms with Gasteiger partial charge >= 0.3 is 0 Å². The first-order valence-electron chi connectivity index (χ1n) is 8.49. The van der Waals surface area contributed by atoms with Crippen LogP contribution in [0.2, 0.25) is 0 Å². The lowest BCUT2D eigenvalue weighted by Crippen LogP contribution is -2.41. The highest BCUT2D eigenvalue weighted by Crippen LogP contribution is 2.27. The molecule has 3 N–H and O–H groups in total. The van der Waals surface area contributed by atoms with Gasteiger partial charge in [0.05, 0.1) is 0 Å².